The van der Waals surface area contributed by atoms with E-state index >= 15 is 0 Å². The van der Waals surface area contributed by atoms with Crippen molar-refractivity contribution in [2.75, 3.05) is 0 Å². The smallest absolute Gasteiger partial charge is 0.253 e. The molecular formula is C16H16N4O2. The first-order valence-electron chi connectivity index (χ1n) is 6.85. The number of nitriles is 1. The van der Waals surface area contributed by atoms with Gasteiger partial charge in [-0.2, -0.15) is 5.26 Å². The maximum absolute atomic E-state index is 12.3. The zero-order valence-electron chi connectivity index (χ0n) is 12.1. The lowest BCUT2D eigenvalue weighted by atomic mass is 9.98. The van der Waals surface area contributed by atoms with Crippen LogP contribution in [-0.4, -0.2) is 22.8 Å². The van der Waals surface area contributed by atoms with Crippen LogP contribution >= 0.6 is 0 Å². The van der Waals surface area contributed by atoms with Crippen LogP contribution in [0.5, 0.6) is 0 Å². The third-order valence-corrected chi connectivity index (χ3v) is 3.43. The van der Waals surface area contributed by atoms with Crippen molar-refractivity contribution in [1.29, 1.82) is 5.26 Å². The Hall–Kier alpha value is -2.94. The van der Waals surface area contributed by atoms with E-state index in [1.165, 1.54) is 6.20 Å². The highest BCUT2D eigenvalue weighted by Gasteiger charge is 2.25. The van der Waals surface area contributed by atoms with Gasteiger partial charge < -0.3 is 11.1 Å². The number of carbonyl (C=O) groups is 2. The van der Waals surface area contributed by atoms with Crippen molar-refractivity contribution < 1.29 is 9.59 Å². The average Bonchev–Trinajstić information content (AvgIpc) is 2.51. The molecule has 1 heterocycles. The Bertz CT molecular complexity index is 751. The third-order valence-electron chi connectivity index (χ3n) is 3.43. The van der Waals surface area contributed by atoms with Crippen LogP contribution < -0.4 is 11.1 Å². The van der Waals surface area contributed by atoms with Gasteiger partial charge in [-0.15, -0.1) is 0 Å². The summed E-state index contributed by atoms with van der Waals surface area (Å²) >= 11 is 0. The fourth-order valence-electron chi connectivity index (χ4n) is 2.18. The van der Waals surface area contributed by atoms with Gasteiger partial charge in [0.15, 0.2) is 0 Å². The molecule has 3 N–H and O–H groups in total. The summed E-state index contributed by atoms with van der Waals surface area (Å²) in [5.74, 6) is -1.46. The molecule has 2 amide bonds. The largest absolute Gasteiger partial charge is 0.368 e. The molecule has 6 nitrogen and oxygen atoms in total. The number of aromatic nitrogens is 1. The summed E-state index contributed by atoms with van der Waals surface area (Å²) in [7, 11) is 0. The molecule has 22 heavy (non-hydrogen) atoms. The summed E-state index contributed by atoms with van der Waals surface area (Å²) < 4.78 is 0. The van der Waals surface area contributed by atoms with Gasteiger partial charge in [0.25, 0.3) is 5.91 Å². The van der Waals surface area contributed by atoms with Gasteiger partial charge in [-0.05, 0) is 18.1 Å². The molecule has 0 bridgehead atoms. The Morgan fingerprint density at radius 2 is 2.14 bits per heavy atom. The topological polar surface area (TPSA) is 109 Å². The van der Waals surface area contributed by atoms with Crippen molar-refractivity contribution in [3.05, 3.63) is 42.1 Å². The van der Waals surface area contributed by atoms with Gasteiger partial charge in [0.1, 0.15) is 6.04 Å². The van der Waals surface area contributed by atoms with Crippen LogP contribution in [0.3, 0.4) is 0 Å². The number of rotatable bonds is 5. The summed E-state index contributed by atoms with van der Waals surface area (Å²) in [5, 5.41) is 12.1. The molecule has 0 saturated carbocycles. The van der Waals surface area contributed by atoms with E-state index in [4.69, 9.17) is 11.0 Å². The van der Waals surface area contributed by atoms with E-state index in [2.05, 4.69) is 10.3 Å². The average molecular weight is 296 g/mol. The molecule has 0 spiro atoms. The lowest BCUT2D eigenvalue weighted by molar-refractivity contribution is -0.120. The van der Waals surface area contributed by atoms with E-state index in [0.29, 0.717) is 5.56 Å². The molecule has 1 aromatic carbocycles. The SMILES string of the molecule is C[C@@H](CC#N)[C@H](NC(=O)c1cnc2ccccc2c1)C(N)=O. The molecule has 6 heteroatoms. The van der Waals surface area contributed by atoms with Crippen molar-refractivity contribution in [3.63, 3.8) is 0 Å². The van der Waals surface area contributed by atoms with Crippen LogP contribution in [0.1, 0.15) is 23.7 Å². The first-order chi connectivity index (χ1) is 10.5. The van der Waals surface area contributed by atoms with Gasteiger partial charge in [0, 0.05) is 18.0 Å². The van der Waals surface area contributed by atoms with E-state index < -0.39 is 17.9 Å². The minimum Gasteiger partial charge on any atom is -0.368 e. The van der Waals surface area contributed by atoms with Crippen LogP contribution in [0.15, 0.2) is 36.5 Å². The molecule has 0 unspecified atom stereocenters. The Labute approximate surface area is 127 Å². The lowest BCUT2D eigenvalue weighted by Crippen LogP contribution is -2.48. The lowest BCUT2D eigenvalue weighted by Gasteiger charge is -2.20. The van der Waals surface area contributed by atoms with Crippen LogP contribution in [0.4, 0.5) is 0 Å². The van der Waals surface area contributed by atoms with Crippen LogP contribution in [0, 0.1) is 17.2 Å². The van der Waals surface area contributed by atoms with Crippen molar-refractivity contribution in [2.24, 2.45) is 11.7 Å². The van der Waals surface area contributed by atoms with Gasteiger partial charge >= 0.3 is 0 Å². The van der Waals surface area contributed by atoms with E-state index in [9.17, 15) is 9.59 Å². The maximum atomic E-state index is 12.3. The molecule has 2 aromatic rings. The highest BCUT2D eigenvalue weighted by atomic mass is 16.2. The molecule has 0 saturated heterocycles. The van der Waals surface area contributed by atoms with Crippen molar-refractivity contribution >= 4 is 22.7 Å². The number of nitrogens with two attached hydrogens (primary N) is 1. The monoisotopic (exact) mass is 296 g/mol. The first kappa shape index (κ1) is 15.4. The Morgan fingerprint density at radius 1 is 1.41 bits per heavy atom. The Morgan fingerprint density at radius 3 is 2.82 bits per heavy atom. The number of hydrogen-bond acceptors (Lipinski definition) is 4. The van der Waals surface area contributed by atoms with Crippen molar-refractivity contribution in [1.82, 2.24) is 10.3 Å². The maximum Gasteiger partial charge on any atom is 0.253 e. The van der Waals surface area contributed by atoms with Gasteiger partial charge in [-0.3, -0.25) is 14.6 Å². The molecule has 0 aliphatic rings. The summed E-state index contributed by atoms with van der Waals surface area (Å²) in [6.07, 6.45) is 1.58. The molecular weight excluding hydrogens is 280 g/mol. The van der Waals surface area contributed by atoms with Gasteiger partial charge in [-0.25, -0.2) is 0 Å². The normalized spacial score (nSPS) is 13.1. The fourth-order valence-corrected chi connectivity index (χ4v) is 2.18. The van der Waals surface area contributed by atoms with Gasteiger partial charge in [0.2, 0.25) is 5.91 Å². The number of carbonyl (C=O) groups excluding carboxylic acids is 2. The number of pyridine rings is 1. The summed E-state index contributed by atoms with van der Waals surface area (Å²) in [6.45, 7) is 1.69. The molecule has 2 atom stereocenters. The summed E-state index contributed by atoms with van der Waals surface area (Å²) in [6, 6.07) is 10.2. The molecule has 0 radical (unpaired) electrons. The predicted molar refractivity (Wildman–Crippen MR) is 81.6 cm³/mol. The number of hydrogen-bond donors (Lipinski definition) is 2. The standard InChI is InChI=1S/C16H16N4O2/c1-10(6-7-17)14(15(18)21)20-16(22)12-8-11-4-2-3-5-13(11)19-9-12/h2-5,8-10,14H,6H2,1H3,(H2,18,21)(H,20,22)/t10-,14-/m0/s1. The Balaban J connectivity index is 2.21. The number of primary amides is 1. The third kappa shape index (κ3) is 3.38. The van der Waals surface area contributed by atoms with E-state index in [-0.39, 0.29) is 12.3 Å². The summed E-state index contributed by atoms with van der Waals surface area (Å²) in [5.41, 5.74) is 6.43. The number of para-hydroxylation sites is 1. The van der Waals surface area contributed by atoms with Crippen LogP contribution in [0.2, 0.25) is 0 Å². The highest BCUT2D eigenvalue weighted by molar-refractivity contribution is 5.99. The second-order valence-electron chi connectivity index (χ2n) is 5.11. The van der Waals surface area contributed by atoms with Crippen LogP contribution in [-0.2, 0) is 4.79 Å². The molecule has 0 aliphatic carbocycles. The number of benzene rings is 1. The minimum absolute atomic E-state index is 0.129. The van der Waals surface area contributed by atoms with E-state index in [1.54, 1.807) is 13.0 Å². The quantitative estimate of drug-likeness (QED) is 0.868. The number of amides is 2. The number of fused-ring (bicyclic) bond motifs is 1. The van der Waals surface area contributed by atoms with E-state index in [0.717, 1.165) is 10.9 Å². The highest BCUT2D eigenvalue weighted by Crippen LogP contribution is 2.14. The summed E-state index contributed by atoms with van der Waals surface area (Å²) in [4.78, 5) is 28.0. The fraction of sp³-hybridized carbons (Fsp3) is 0.250. The molecule has 0 aliphatic heterocycles. The number of nitrogens with zero attached hydrogens (tertiary/aromatic N) is 2. The number of nitrogens with one attached hydrogen (secondary N) is 1. The first-order valence-corrected chi connectivity index (χ1v) is 6.85. The molecule has 0 fully saturated rings. The molecule has 1 aromatic heterocycles. The van der Waals surface area contributed by atoms with Gasteiger partial charge in [0.05, 0.1) is 17.1 Å². The Kier molecular flexibility index (Phi) is 4.69. The van der Waals surface area contributed by atoms with Crippen molar-refractivity contribution in [2.45, 2.75) is 19.4 Å². The molecule has 2 rings (SSSR count). The second-order valence-corrected chi connectivity index (χ2v) is 5.11. The zero-order valence-corrected chi connectivity index (χ0v) is 12.1. The van der Waals surface area contributed by atoms with Crippen molar-refractivity contribution in [3.8, 4) is 6.07 Å². The minimum atomic E-state index is -0.890. The van der Waals surface area contributed by atoms with E-state index in [1.807, 2.05) is 30.3 Å². The molecule has 112 valence electrons. The van der Waals surface area contributed by atoms with Crippen LogP contribution in [0.25, 0.3) is 10.9 Å². The second kappa shape index (κ2) is 6.68. The predicted octanol–water partition coefficient (Wildman–Crippen LogP) is 1.37. The van der Waals surface area contributed by atoms with Gasteiger partial charge in [-0.1, -0.05) is 25.1 Å². The zero-order chi connectivity index (χ0) is 16.1.